The molecule has 1 N–H and O–H groups in total. The SMILES string of the molecule is CC(=O)OC1CC(O)CC(C(=O)C=O)C1. The lowest BCUT2D eigenvalue weighted by Gasteiger charge is -2.30. The topological polar surface area (TPSA) is 80.7 Å². The molecule has 1 saturated carbocycles. The highest BCUT2D eigenvalue weighted by Crippen LogP contribution is 2.27. The van der Waals surface area contributed by atoms with Gasteiger partial charge in [0, 0.05) is 19.3 Å². The van der Waals surface area contributed by atoms with Crippen LogP contribution in [-0.2, 0) is 19.1 Å². The number of carbonyl (C=O) groups is 3. The van der Waals surface area contributed by atoms with Gasteiger partial charge in [0.2, 0.25) is 0 Å². The number of carbonyl (C=O) groups excluding carboxylic acids is 3. The van der Waals surface area contributed by atoms with E-state index in [9.17, 15) is 19.5 Å². The quantitative estimate of drug-likeness (QED) is 0.401. The van der Waals surface area contributed by atoms with Crippen LogP contribution < -0.4 is 0 Å². The van der Waals surface area contributed by atoms with Gasteiger partial charge in [-0.05, 0) is 12.8 Å². The third kappa shape index (κ3) is 3.43. The van der Waals surface area contributed by atoms with Crippen molar-refractivity contribution in [2.24, 2.45) is 5.92 Å². The Morgan fingerprint density at radius 2 is 2.00 bits per heavy atom. The molecule has 3 unspecified atom stereocenters. The molecule has 0 radical (unpaired) electrons. The van der Waals surface area contributed by atoms with Crippen LogP contribution in [0.15, 0.2) is 0 Å². The first-order chi connectivity index (χ1) is 7.02. The monoisotopic (exact) mass is 214 g/mol. The van der Waals surface area contributed by atoms with E-state index in [0.29, 0.717) is 12.8 Å². The number of Topliss-reactive ketones (excluding diaryl/α,β-unsaturated/α-hetero) is 1. The fourth-order valence-corrected chi connectivity index (χ4v) is 1.90. The van der Waals surface area contributed by atoms with E-state index in [-0.39, 0.29) is 12.7 Å². The number of hydrogen-bond donors (Lipinski definition) is 1. The molecular formula is C10H14O5. The highest BCUT2D eigenvalue weighted by molar-refractivity contribution is 6.25. The summed E-state index contributed by atoms with van der Waals surface area (Å²) in [5.41, 5.74) is 0. The van der Waals surface area contributed by atoms with Crippen LogP contribution >= 0.6 is 0 Å². The summed E-state index contributed by atoms with van der Waals surface area (Å²) in [5.74, 6) is -1.49. The molecule has 0 spiro atoms. The molecule has 1 aliphatic carbocycles. The minimum Gasteiger partial charge on any atom is -0.462 e. The Morgan fingerprint density at radius 1 is 1.33 bits per heavy atom. The molecule has 5 nitrogen and oxygen atoms in total. The zero-order valence-corrected chi connectivity index (χ0v) is 8.51. The Bertz CT molecular complexity index is 273. The Morgan fingerprint density at radius 3 is 2.53 bits per heavy atom. The maximum atomic E-state index is 11.1. The largest absolute Gasteiger partial charge is 0.462 e. The van der Waals surface area contributed by atoms with Crippen LogP contribution in [0.4, 0.5) is 0 Å². The molecule has 1 aliphatic rings. The molecule has 84 valence electrons. The Balaban J connectivity index is 2.59. The van der Waals surface area contributed by atoms with Gasteiger partial charge in [0.25, 0.3) is 0 Å². The van der Waals surface area contributed by atoms with Gasteiger partial charge in [-0.1, -0.05) is 0 Å². The maximum absolute atomic E-state index is 11.1. The summed E-state index contributed by atoms with van der Waals surface area (Å²) < 4.78 is 4.92. The molecule has 0 saturated heterocycles. The number of hydrogen-bond acceptors (Lipinski definition) is 5. The first kappa shape index (κ1) is 11.8. The third-order valence-corrected chi connectivity index (χ3v) is 2.49. The first-order valence-electron chi connectivity index (χ1n) is 4.87. The van der Waals surface area contributed by atoms with Crippen molar-refractivity contribution in [3.05, 3.63) is 0 Å². The Kier molecular flexibility index (Phi) is 3.96. The van der Waals surface area contributed by atoms with Crippen LogP contribution in [0.1, 0.15) is 26.2 Å². The number of esters is 1. The van der Waals surface area contributed by atoms with Crippen molar-refractivity contribution < 1.29 is 24.2 Å². The van der Waals surface area contributed by atoms with Crippen molar-refractivity contribution >= 4 is 18.0 Å². The second-order valence-electron chi connectivity index (χ2n) is 3.81. The van der Waals surface area contributed by atoms with Crippen LogP contribution in [0.2, 0.25) is 0 Å². The van der Waals surface area contributed by atoms with Crippen molar-refractivity contribution in [3.8, 4) is 0 Å². The van der Waals surface area contributed by atoms with Crippen molar-refractivity contribution in [1.29, 1.82) is 0 Å². The summed E-state index contributed by atoms with van der Waals surface area (Å²) >= 11 is 0. The predicted octanol–water partition coefficient (Wildman–Crippen LogP) is -0.153. The smallest absolute Gasteiger partial charge is 0.302 e. The summed E-state index contributed by atoms with van der Waals surface area (Å²) in [7, 11) is 0. The second-order valence-corrected chi connectivity index (χ2v) is 3.81. The number of ketones is 1. The predicted molar refractivity (Wildman–Crippen MR) is 50.0 cm³/mol. The molecule has 5 heteroatoms. The fourth-order valence-electron chi connectivity index (χ4n) is 1.90. The zero-order chi connectivity index (χ0) is 11.4. The average molecular weight is 214 g/mol. The lowest BCUT2D eigenvalue weighted by atomic mass is 9.83. The van der Waals surface area contributed by atoms with Gasteiger partial charge in [0.1, 0.15) is 6.10 Å². The van der Waals surface area contributed by atoms with Gasteiger partial charge in [-0.3, -0.25) is 14.4 Å². The molecule has 3 atom stereocenters. The third-order valence-electron chi connectivity index (χ3n) is 2.49. The number of ether oxygens (including phenoxy) is 1. The van der Waals surface area contributed by atoms with Gasteiger partial charge < -0.3 is 9.84 Å². The summed E-state index contributed by atoms with van der Waals surface area (Å²) in [6.07, 6.45) is 0.0522. The standard InChI is InChI=1S/C10H14O5/c1-6(12)15-9-3-7(10(14)5-11)2-8(13)4-9/h5,7-9,13H,2-4H2,1H3. The van der Waals surface area contributed by atoms with E-state index < -0.39 is 29.9 Å². The van der Waals surface area contributed by atoms with E-state index in [1.807, 2.05) is 0 Å². The van der Waals surface area contributed by atoms with Gasteiger partial charge in [-0.15, -0.1) is 0 Å². The summed E-state index contributed by atoms with van der Waals surface area (Å²) in [5, 5.41) is 9.45. The van der Waals surface area contributed by atoms with E-state index in [2.05, 4.69) is 0 Å². The molecule has 0 aromatic carbocycles. The first-order valence-corrected chi connectivity index (χ1v) is 4.87. The minimum atomic E-state index is -0.683. The number of aliphatic hydroxyl groups excluding tert-OH is 1. The zero-order valence-electron chi connectivity index (χ0n) is 8.51. The summed E-state index contributed by atoms with van der Waals surface area (Å²) in [6.45, 7) is 1.28. The minimum absolute atomic E-state index is 0.257. The lowest BCUT2D eigenvalue weighted by Crippen LogP contribution is -2.36. The fraction of sp³-hybridized carbons (Fsp3) is 0.700. The van der Waals surface area contributed by atoms with Gasteiger partial charge in [-0.25, -0.2) is 0 Å². The average Bonchev–Trinajstić information content (AvgIpc) is 2.14. The Labute approximate surface area is 87.4 Å². The molecule has 0 aromatic rings. The Hall–Kier alpha value is -1.23. The van der Waals surface area contributed by atoms with E-state index in [1.165, 1.54) is 6.92 Å². The van der Waals surface area contributed by atoms with Crippen molar-refractivity contribution in [3.63, 3.8) is 0 Å². The van der Waals surface area contributed by atoms with Gasteiger partial charge in [-0.2, -0.15) is 0 Å². The molecule has 1 rings (SSSR count). The summed E-state index contributed by atoms with van der Waals surface area (Å²) in [6, 6.07) is 0. The molecule has 0 aromatic heterocycles. The second kappa shape index (κ2) is 5.02. The molecule has 1 fully saturated rings. The molecule has 0 amide bonds. The number of rotatable bonds is 3. The van der Waals surface area contributed by atoms with Crippen LogP contribution in [0.3, 0.4) is 0 Å². The highest BCUT2D eigenvalue weighted by Gasteiger charge is 2.33. The molecule has 0 heterocycles. The van der Waals surface area contributed by atoms with Crippen LogP contribution in [0, 0.1) is 5.92 Å². The molecule has 15 heavy (non-hydrogen) atoms. The molecule has 0 bridgehead atoms. The number of aliphatic hydroxyl groups is 1. The summed E-state index contributed by atoms with van der Waals surface area (Å²) in [4.78, 5) is 32.1. The maximum Gasteiger partial charge on any atom is 0.302 e. The van der Waals surface area contributed by atoms with E-state index in [4.69, 9.17) is 4.74 Å². The van der Waals surface area contributed by atoms with Crippen molar-refractivity contribution in [1.82, 2.24) is 0 Å². The van der Waals surface area contributed by atoms with Gasteiger partial charge >= 0.3 is 5.97 Å². The normalized spacial score (nSPS) is 30.7. The number of aldehydes is 1. The van der Waals surface area contributed by atoms with Crippen molar-refractivity contribution in [2.45, 2.75) is 38.4 Å². The van der Waals surface area contributed by atoms with E-state index in [0.717, 1.165) is 0 Å². The van der Waals surface area contributed by atoms with Crippen LogP contribution in [-0.4, -0.2) is 35.4 Å². The van der Waals surface area contributed by atoms with Gasteiger partial charge in [0.05, 0.1) is 6.10 Å². The van der Waals surface area contributed by atoms with E-state index in [1.54, 1.807) is 0 Å². The van der Waals surface area contributed by atoms with E-state index >= 15 is 0 Å². The van der Waals surface area contributed by atoms with Crippen molar-refractivity contribution in [2.75, 3.05) is 0 Å². The molecular weight excluding hydrogens is 200 g/mol. The highest BCUT2D eigenvalue weighted by atomic mass is 16.5. The lowest BCUT2D eigenvalue weighted by molar-refractivity contribution is -0.152. The van der Waals surface area contributed by atoms with Crippen LogP contribution in [0.25, 0.3) is 0 Å². The molecule has 0 aliphatic heterocycles. The van der Waals surface area contributed by atoms with Crippen LogP contribution in [0.5, 0.6) is 0 Å². The van der Waals surface area contributed by atoms with Gasteiger partial charge in [0.15, 0.2) is 12.1 Å².